The van der Waals surface area contributed by atoms with Crippen molar-refractivity contribution in [2.24, 2.45) is 0 Å². The van der Waals surface area contributed by atoms with E-state index in [4.69, 9.17) is 11.6 Å². The summed E-state index contributed by atoms with van der Waals surface area (Å²) in [4.78, 5) is 12.8. The molecule has 0 heterocycles. The number of halogens is 1. The lowest BCUT2D eigenvalue weighted by Crippen LogP contribution is -1.93. The largest absolute Gasteiger partial charge is 0.287 e. The minimum atomic E-state index is 0.207. The van der Waals surface area contributed by atoms with E-state index in [9.17, 15) is 4.79 Å². The molecule has 0 amide bonds. The number of hydrogen-bond donors (Lipinski definition) is 0. The fourth-order valence-electron chi connectivity index (χ4n) is 1.77. The Morgan fingerprint density at radius 1 is 1.00 bits per heavy atom. The average molecular weight is 291 g/mol. The first kappa shape index (κ1) is 14.2. The Morgan fingerprint density at radius 3 is 2.37 bits per heavy atom. The van der Waals surface area contributed by atoms with E-state index in [0.29, 0.717) is 11.4 Å². The van der Waals surface area contributed by atoms with Crippen LogP contribution in [-0.4, -0.2) is 5.12 Å². The van der Waals surface area contributed by atoms with Gasteiger partial charge < -0.3 is 0 Å². The highest BCUT2D eigenvalue weighted by Crippen LogP contribution is 2.23. The van der Waals surface area contributed by atoms with E-state index in [-0.39, 0.29) is 5.12 Å². The van der Waals surface area contributed by atoms with Crippen LogP contribution in [0.1, 0.15) is 18.4 Å². The second-order valence-electron chi connectivity index (χ2n) is 4.27. The van der Waals surface area contributed by atoms with E-state index < -0.39 is 0 Å². The number of thioether (sulfide) groups is 1. The molecule has 3 heteroatoms. The zero-order valence-corrected chi connectivity index (χ0v) is 12.1. The molecular weight excluding hydrogens is 276 g/mol. The Labute approximate surface area is 123 Å². The Morgan fingerprint density at radius 2 is 1.68 bits per heavy atom. The normalized spacial score (nSPS) is 10.4. The lowest BCUT2D eigenvalue weighted by atomic mass is 10.1. The molecule has 2 aromatic rings. The molecule has 0 aliphatic heterocycles. The molecule has 0 radical (unpaired) electrons. The molecule has 0 unspecified atom stereocenters. The van der Waals surface area contributed by atoms with Crippen LogP contribution >= 0.6 is 23.4 Å². The van der Waals surface area contributed by atoms with Gasteiger partial charge in [-0.2, -0.15) is 0 Å². The van der Waals surface area contributed by atoms with Crippen molar-refractivity contribution in [2.45, 2.75) is 24.2 Å². The predicted octanol–water partition coefficient (Wildman–Crippen LogP) is 4.98. The molecule has 0 aliphatic rings. The van der Waals surface area contributed by atoms with Gasteiger partial charge in [0.2, 0.25) is 0 Å². The summed E-state index contributed by atoms with van der Waals surface area (Å²) in [6.45, 7) is 0. The molecule has 0 N–H and O–H groups in total. The summed E-state index contributed by atoms with van der Waals surface area (Å²) in [5.41, 5.74) is 1.28. The second kappa shape index (κ2) is 7.37. The van der Waals surface area contributed by atoms with Gasteiger partial charge >= 0.3 is 0 Å². The Kier molecular flexibility index (Phi) is 5.49. The van der Waals surface area contributed by atoms with Gasteiger partial charge in [0.05, 0.1) is 0 Å². The van der Waals surface area contributed by atoms with Crippen LogP contribution in [0.15, 0.2) is 59.5 Å². The van der Waals surface area contributed by atoms with Gasteiger partial charge in [-0.05, 0) is 42.7 Å². The van der Waals surface area contributed by atoms with Gasteiger partial charge in [0.1, 0.15) is 0 Å². The third-order valence-corrected chi connectivity index (χ3v) is 3.93. The number of hydrogen-bond acceptors (Lipinski definition) is 2. The Balaban J connectivity index is 1.74. The molecule has 98 valence electrons. The molecule has 0 aliphatic carbocycles. The minimum Gasteiger partial charge on any atom is -0.287 e. The Hall–Kier alpha value is -1.25. The Bertz CT molecular complexity index is 522. The number of rotatable bonds is 5. The molecule has 19 heavy (non-hydrogen) atoms. The second-order valence-corrected chi connectivity index (χ2v) is 5.83. The van der Waals surface area contributed by atoms with Gasteiger partial charge in [0.25, 0.3) is 0 Å². The minimum absolute atomic E-state index is 0.207. The maximum absolute atomic E-state index is 11.8. The number of benzene rings is 2. The van der Waals surface area contributed by atoms with Crippen molar-refractivity contribution in [3.63, 3.8) is 0 Å². The van der Waals surface area contributed by atoms with E-state index in [0.717, 1.165) is 17.7 Å². The van der Waals surface area contributed by atoms with E-state index in [2.05, 4.69) is 12.1 Å². The number of carbonyl (C=O) groups is 1. The van der Waals surface area contributed by atoms with Gasteiger partial charge in [0, 0.05) is 16.3 Å². The molecule has 0 fully saturated rings. The fraction of sp³-hybridized carbons (Fsp3) is 0.188. The molecular formula is C16H15ClOS. The highest BCUT2D eigenvalue weighted by Gasteiger charge is 2.05. The highest BCUT2D eigenvalue weighted by molar-refractivity contribution is 8.13. The summed E-state index contributed by atoms with van der Waals surface area (Å²) >= 11 is 7.10. The first-order chi connectivity index (χ1) is 9.24. The van der Waals surface area contributed by atoms with Gasteiger partial charge in [-0.3, -0.25) is 4.79 Å². The third kappa shape index (κ3) is 5.09. The van der Waals surface area contributed by atoms with Gasteiger partial charge in [0.15, 0.2) is 5.12 Å². The van der Waals surface area contributed by atoms with E-state index >= 15 is 0 Å². The lowest BCUT2D eigenvalue weighted by molar-refractivity contribution is -0.111. The van der Waals surface area contributed by atoms with Crippen molar-refractivity contribution in [1.82, 2.24) is 0 Å². The van der Waals surface area contributed by atoms with Gasteiger partial charge in [-0.25, -0.2) is 0 Å². The summed E-state index contributed by atoms with van der Waals surface area (Å²) in [7, 11) is 0. The molecule has 2 aromatic carbocycles. The highest BCUT2D eigenvalue weighted by atomic mass is 35.5. The maximum Gasteiger partial charge on any atom is 0.193 e. The quantitative estimate of drug-likeness (QED) is 0.722. The van der Waals surface area contributed by atoms with E-state index in [1.54, 1.807) is 12.1 Å². The zero-order chi connectivity index (χ0) is 13.5. The molecule has 0 spiro atoms. The topological polar surface area (TPSA) is 17.1 Å². The van der Waals surface area contributed by atoms with E-state index in [1.165, 1.54) is 17.3 Å². The summed E-state index contributed by atoms with van der Waals surface area (Å²) in [6, 6.07) is 17.6. The molecule has 0 atom stereocenters. The molecule has 2 rings (SSSR count). The summed E-state index contributed by atoms with van der Waals surface area (Å²) in [5.74, 6) is 0. The first-order valence-electron chi connectivity index (χ1n) is 6.24. The third-order valence-electron chi connectivity index (χ3n) is 2.73. The van der Waals surface area contributed by atoms with Crippen LogP contribution in [0.25, 0.3) is 0 Å². The van der Waals surface area contributed by atoms with Crippen LogP contribution in [-0.2, 0) is 11.2 Å². The molecule has 0 bridgehead atoms. The van der Waals surface area contributed by atoms with E-state index in [1.807, 2.05) is 30.3 Å². The molecule has 0 saturated carbocycles. The van der Waals surface area contributed by atoms with Crippen LogP contribution < -0.4 is 0 Å². The van der Waals surface area contributed by atoms with Crippen molar-refractivity contribution < 1.29 is 4.79 Å². The molecule has 0 aromatic heterocycles. The SMILES string of the molecule is O=C(CCCc1ccccc1)Sc1ccc(Cl)cc1. The van der Waals surface area contributed by atoms with Gasteiger partial charge in [-0.1, -0.05) is 53.7 Å². The smallest absolute Gasteiger partial charge is 0.193 e. The van der Waals surface area contributed by atoms with Gasteiger partial charge in [-0.15, -0.1) is 0 Å². The number of aryl methyl sites for hydroxylation is 1. The zero-order valence-electron chi connectivity index (χ0n) is 10.5. The van der Waals surface area contributed by atoms with Crippen LogP contribution in [0.4, 0.5) is 0 Å². The molecule has 1 nitrogen and oxygen atoms in total. The maximum atomic E-state index is 11.8. The standard InChI is InChI=1S/C16H15ClOS/c17-14-9-11-15(12-10-14)19-16(18)8-4-7-13-5-2-1-3-6-13/h1-3,5-6,9-12H,4,7-8H2. The van der Waals surface area contributed by atoms with Crippen molar-refractivity contribution in [1.29, 1.82) is 0 Å². The van der Waals surface area contributed by atoms with Crippen molar-refractivity contribution in [3.8, 4) is 0 Å². The first-order valence-corrected chi connectivity index (χ1v) is 7.43. The predicted molar refractivity (Wildman–Crippen MR) is 81.7 cm³/mol. The summed E-state index contributed by atoms with van der Waals surface area (Å²) < 4.78 is 0. The monoisotopic (exact) mass is 290 g/mol. The molecule has 0 saturated heterocycles. The van der Waals surface area contributed by atoms with Crippen molar-refractivity contribution in [2.75, 3.05) is 0 Å². The average Bonchev–Trinajstić information content (AvgIpc) is 2.43. The summed E-state index contributed by atoms with van der Waals surface area (Å²) in [6.07, 6.45) is 2.44. The fourth-order valence-corrected chi connectivity index (χ4v) is 2.67. The summed E-state index contributed by atoms with van der Waals surface area (Å²) in [5, 5.41) is 0.902. The van der Waals surface area contributed by atoms with Crippen molar-refractivity contribution in [3.05, 3.63) is 65.2 Å². The van der Waals surface area contributed by atoms with Crippen LogP contribution in [0.5, 0.6) is 0 Å². The lowest BCUT2D eigenvalue weighted by Gasteiger charge is -2.02. The number of carbonyl (C=O) groups excluding carboxylic acids is 1. The van der Waals surface area contributed by atoms with Crippen LogP contribution in [0.2, 0.25) is 5.02 Å². The van der Waals surface area contributed by atoms with Crippen molar-refractivity contribution >= 4 is 28.5 Å². The van der Waals surface area contributed by atoms with Crippen LogP contribution in [0, 0.1) is 0 Å². The van der Waals surface area contributed by atoms with Crippen LogP contribution in [0.3, 0.4) is 0 Å².